The summed E-state index contributed by atoms with van der Waals surface area (Å²) in [5.41, 5.74) is 20.1. The van der Waals surface area contributed by atoms with Crippen molar-refractivity contribution >= 4 is 43.7 Å². The highest BCUT2D eigenvalue weighted by Gasteiger charge is 2.35. The van der Waals surface area contributed by atoms with Gasteiger partial charge in [0.15, 0.2) is 17.5 Å². The van der Waals surface area contributed by atoms with Crippen LogP contribution in [-0.4, -0.2) is 19.5 Å². The number of benzene rings is 10. The van der Waals surface area contributed by atoms with E-state index in [1.165, 1.54) is 55.3 Å². The highest BCUT2D eigenvalue weighted by molar-refractivity contribution is 6.15. The topological polar surface area (TPSA) is 56.7 Å². The van der Waals surface area contributed by atoms with Crippen molar-refractivity contribution in [3.8, 4) is 84.4 Å². The molecule has 3 aromatic heterocycles. The summed E-state index contributed by atoms with van der Waals surface area (Å²) < 4.78 is 8.73. The molecule has 0 fully saturated rings. The number of nitrogens with zero attached hydrogens (tertiary/aromatic N) is 4. The SMILES string of the molecule is CC1(C)c2ccccc2-c2ccc(-c3cccc(-c4cccc5c6cc(-c7ccccc7)ccc6n(-c6ccc(-c7nc(-c8ccccc8)nc(-c8ccc9c(c8)oc8ccccc89)n7)cc6)c45)c3)cc21. The Morgan fingerprint density at radius 1 is 0.338 bits per heavy atom. The van der Waals surface area contributed by atoms with Crippen LogP contribution < -0.4 is 0 Å². The summed E-state index contributed by atoms with van der Waals surface area (Å²) in [7, 11) is 0. The van der Waals surface area contributed by atoms with E-state index >= 15 is 0 Å². The van der Waals surface area contributed by atoms with Gasteiger partial charge in [-0.2, -0.15) is 0 Å². The van der Waals surface area contributed by atoms with E-state index in [-0.39, 0.29) is 5.41 Å². The third-order valence-corrected chi connectivity index (χ3v) is 14.7. The van der Waals surface area contributed by atoms with Gasteiger partial charge in [-0.05, 0) is 117 Å². The Morgan fingerprint density at radius 2 is 0.887 bits per heavy atom. The zero-order valence-corrected chi connectivity index (χ0v) is 39.1. The molecule has 10 aromatic carbocycles. The molecule has 0 atom stereocenters. The predicted octanol–water partition coefficient (Wildman–Crippen LogP) is 17.2. The Kier molecular flexibility index (Phi) is 9.17. The lowest BCUT2D eigenvalue weighted by atomic mass is 9.81. The van der Waals surface area contributed by atoms with Crippen LogP contribution in [0.1, 0.15) is 25.0 Å². The van der Waals surface area contributed by atoms with Gasteiger partial charge in [0.2, 0.25) is 0 Å². The fourth-order valence-corrected chi connectivity index (χ4v) is 11.1. The van der Waals surface area contributed by atoms with Gasteiger partial charge in [0, 0.05) is 54.9 Å². The van der Waals surface area contributed by atoms with Crippen molar-refractivity contribution in [1.82, 2.24) is 19.5 Å². The lowest BCUT2D eigenvalue weighted by molar-refractivity contribution is 0.660. The van der Waals surface area contributed by atoms with Crippen molar-refractivity contribution in [3.05, 3.63) is 242 Å². The molecule has 71 heavy (non-hydrogen) atoms. The molecule has 0 N–H and O–H groups in total. The van der Waals surface area contributed by atoms with E-state index in [2.05, 4.69) is 194 Å². The zero-order chi connectivity index (χ0) is 47.2. The van der Waals surface area contributed by atoms with Crippen LogP contribution >= 0.6 is 0 Å². The molecule has 0 amide bonds. The Labute approximate surface area is 411 Å². The maximum absolute atomic E-state index is 6.30. The van der Waals surface area contributed by atoms with Crippen LogP contribution in [0.5, 0.6) is 0 Å². The molecule has 1 aliphatic rings. The monoisotopic (exact) mass is 908 g/mol. The zero-order valence-electron chi connectivity index (χ0n) is 39.1. The number of furan rings is 1. The van der Waals surface area contributed by atoms with Crippen LogP contribution in [0.4, 0.5) is 0 Å². The molecule has 1 aliphatic carbocycles. The second kappa shape index (κ2) is 15.9. The smallest absolute Gasteiger partial charge is 0.164 e. The predicted molar refractivity (Wildman–Crippen MR) is 292 cm³/mol. The van der Waals surface area contributed by atoms with Crippen LogP contribution in [0.25, 0.3) is 128 Å². The summed E-state index contributed by atoms with van der Waals surface area (Å²) in [6.07, 6.45) is 0. The molecule has 0 aliphatic heterocycles. The van der Waals surface area contributed by atoms with E-state index in [4.69, 9.17) is 19.4 Å². The molecular weight excluding hydrogens is 865 g/mol. The molecular formula is C66H44N4O. The summed E-state index contributed by atoms with van der Waals surface area (Å²) in [4.78, 5) is 15.3. The van der Waals surface area contributed by atoms with E-state index in [0.717, 1.165) is 66.5 Å². The third kappa shape index (κ3) is 6.65. The third-order valence-electron chi connectivity index (χ3n) is 14.7. The van der Waals surface area contributed by atoms with E-state index in [9.17, 15) is 0 Å². The minimum absolute atomic E-state index is 0.0820. The van der Waals surface area contributed by atoms with Gasteiger partial charge in [-0.1, -0.05) is 178 Å². The van der Waals surface area contributed by atoms with Crippen LogP contribution in [0.3, 0.4) is 0 Å². The fraction of sp³-hybridized carbons (Fsp3) is 0.0455. The lowest BCUT2D eigenvalue weighted by Gasteiger charge is -2.22. The molecule has 0 saturated heterocycles. The molecule has 5 heteroatoms. The Balaban J connectivity index is 0.908. The van der Waals surface area contributed by atoms with Gasteiger partial charge >= 0.3 is 0 Å². The summed E-state index contributed by atoms with van der Waals surface area (Å²) >= 11 is 0. The first-order chi connectivity index (χ1) is 34.9. The Bertz CT molecular complexity index is 4240. The minimum Gasteiger partial charge on any atom is -0.456 e. The average molecular weight is 909 g/mol. The van der Waals surface area contributed by atoms with E-state index in [1.54, 1.807) is 0 Å². The normalized spacial score (nSPS) is 12.8. The number of hydrogen-bond donors (Lipinski definition) is 0. The number of fused-ring (bicyclic) bond motifs is 9. The standard InChI is InChI=1S/C66H44N4O/c1-66(2)57-25-11-9-21-51(57)52-34-29-46(39-58(52)66)44-19-13-20-47(37-44)50-23-14-24-55-56-38-45(41-15-5-3-6-16-41)31-36-59(56)70(62(50)55)49-32-27-43(28-33-49)64-67-63(42-17-7-4-8-18-42)68-65(69-64)48-30-35-54-53-22-10-12-26-60(53)71-61(54)40-48/h3-40H,1-2H3. The summed E-state index contributed by atoms with van der Waals surface area (Å²) in [6, 6.07) is 82.3. The summed E-state index contributed by atoms with van der Waals surface area (Å²) in [6.45, 7) is 4.70. The molecule has 0 saturated carbocycles. The minimum atomic E-state index is -0.0820. The number of hydrogen-bond acceptors (Lipinski definition) is 4. The highest BCUT2D eigenvalue weighted by atomic mass is 16.3. The van der Waals surface area contributed by atoms with E-state index < -0.39 is 0 Å². The Hall–Kier alpha value is -9.19. The second-order valence-electron chi connectivity index (χ2n) is 19.2. The van der Waals surface area contributed by atoms with Crippen LogP contribution in [0.2, 0.25) is 0 Å². The van der Waals surface area contributed by atoms with Gasteiger partial charge in [0.25, 0.3) is 0 Å². The van der Waals surface area contributed by atoms with Gasteiger partial charge in [0.05, 0.1) is 11.0 Å². The van der Waals surface area contributed by atoms with Gasteiger partial charge in [-0.15, -0.1) is 0 Å². The molecule has 14 rings (SSSR count). The first-order valence-electron chi connectivity index (χ1n) is 24.2. The molecule has 3 heterocycles. The lowest BCUT2D eigenvalue weighted by Crippen LogP contribution is -2.14. The second-order valence-corrected chi connectivity index (χ2v) is 19.2. The van der Waals surface area contributed by atoms with Crippen molar-refractivity contribution in [3.63, 3.8) is 0 Å². The first-order valence-corrected chi connectivity index (χ1v) is 24.2. The van der Waals surface area contributed by atoms with E-state index in [1.807, 2.05) is 54.6 Å². The van der Waals surface area contributed by atoms with Gasteiger partial charge in [-0.3, -0.25) is 0 Å². The van der Waals surface area contributed by atoms with Crippen molar-refractivity contribution in [2.24, 2.45) is 0 Å². The summed E-state index contributed by atoms with van der Waals surface area (Å²) in [5.74, 6) is 1.78. The van der Waals surface area contributed by atoms with Crippen molar-refractivity contribution in [2.45, 2.75) is 19.3 Å². The fourth-order valence-electron chi connectivity index (χ4n) is 11.1. The molecule has 0 unspecified atom stereocenters. The molecule has 0 spiro atoms. The van der Waals surface area contributed by atoms with Gasteiger partial charge < -0.3 is 8.98 Å². The van der Waals surface area contributed by atoms with Gasteiger partial charge in [0.1, 0.15) is 11.2 Å². The quantitative estimate of drug-likeness (QED) is 0.160. The van der Waals surface area contributed by atoms with Crippen molar-refractivity contribution < 1.29 is 4.42 Å². The molecule has 0 radical (unpaired) electrons. The maximum Gasteiger partial charge on any atom is 0.164 e. The van der Waals surface area contributed by atoms with Crippen molar-refractivity contribution in [1.29, 1.82) is 0 Å². The number of aromatic nitrogens is 4. The van der Waals surface area contributed by atoms with Crippen LogP contribution in [-0.2, 0) is 5.41 Å². The van der Waals surface area contributed by atoms with Crippen LogP contribution in [0, 0.1) is 0 Å². The maximum atomic E-state index is 6.30. The first kappa shape index (κ1) is 40.8. The number of rotatable bonds is 7. The largest absolute Gasteiger partial charge is 0.456 e. The summed E-state index contributed by atoms with van der Waals surface area (Å²) in [5, 5.41) is 4.53. The van der Waals surface area contributed by atoms with Crippen molar-refractivity contribution in [2.75, 3.05) is 0 Å². The van der Waals surface area contributed by atoms with E-state index in [0.29, 0.717) is 17.5 Å². The number of para-hydroxylation sites is 2. The molecule has 5 nitrogen and oxygen atoms in total. The molecule has 334 valence electrons. The highest BCUT2D eigenvalue weighted by Crippen LogP contribution is 2.50. The van der Waals surface area contributed by atoms with Crippen LogP contribution in [0.15, 0.2) is 235 Å². The average Bonchev–Trinajstić information content (AvgIpc) is 4.05. The van der Waals surface area contributed by atoms with Gasteiger partial charge in [-0.25, -0.2) is 15.0 Å². The molecule has 13 aromatic rings. The Morgan fingerprint density at radius 3 is 1.70 bits per heavy atom. The molecule has 0 bridgehead atoms.